The quantitative estimate of drug-likeness (QED) is 0.0673. The van der Waals surface area contributed by atoms with Crippen LogP contribution in [-0.2, 0) is 48.2 Å². The molecule has 2 aliphatic rings. The molecule has 5 aromatic carbocycles. The first-order chi connectivity index (χ1) is 33.6. The molecular formula is C51H55F2N8O7P. The van der Waals surface area contributed by atoms with Crippen molar-refractivity contribution < 1.29 is 36.4 Å². The molecule has 2 aliphatic heterocycles. The molecule has 0 radical (unpaired) electrons. The first kappa shape index (κ1) is 47.6. The minimum atomic E-state index is -4.11. The highest BCUT2D eigenvalue weighted by molar-refractivity contribution is 7.48. The number of phosphoric ester groups is 1. The van der Waals surface area contributed by atoms with Gasteiger partial charge in [0.25, 0.3) is 0 Å². The first-order valence-electron chi connectivity index (χ1n) is 23.1. The van der Waals surface area contributed by atoms with Crippen LogP contribution in [0.2, 0.25) is 0 Å². The van der Waals surface area contributed by atoms with Crippen LogP contribution < -0.4 is 20.2 Å². The number of benzene rings is 5. The van der Waals surface area contributed by atoms with Gasteiger partial charge in [-0.2, -0.15) is 10.2 Å². The second-order valence-electron chi connectivity index (χ2n) is 17.4. The van der Waals surface area contributed by atoms with E-state index < -0.39 is 37.2 Å². The van der Waals surface area contributed by atoms with E-state index in [2.05, 4.69) is 37.1 Å². The predicted octanol–water partition coefficient (Wildman–Crippen LogP) is 9.14. The number of nitrogens with zero attached hydrogens (tertiary/aromatic N) is 8. The lowest BCUT2D eigenvalue weighted by molar-refractivity contribution is -0.0206. The van der Waals surface area contributed by atoms with Crippen LogP contribution in [0.3, 0.4) is 0 Å². The summed E-state index contributed by atoms with van der Waals surface area (Å²) in [6, 6.07) is 37.6. The fourth-order valence-corrected chi connectivity index (χ4v) is 10.4. The summed E-state index contributed by atoms with van der Waals surface area (Å²) in [5.41, 5.74) is 3.30. The van der Waals surface area contributed by atoms with Crippen molar-refractivity contribution in [2.45, 2.75) is 64.2 Å². The number of rotatable bonds is 20. The largest absolute Gasteiger partial charge is 0.493 e. The van der Waals surface area contributed by atoms with Crippen LogP contribution in [-0.4, -0.2) is 74.6 Å². The Labute approximate surface area is 399 Å². The molecule has 360 valence electrons. The van der Waals surface area contributed by atoms with Crippen molar-refractivity contribution in [1.82, 2.24) is 29.1 Å². The molecule has 0 spiro atoms. The van der Waals surface area contributed by atoms with Crippen molar-refractivity contribution in [1.29, 1.82) is 0 Å². The predicted molar refractivity (Wildman–Crippen MR) is 256 cm³/mol. The van der Waals surface area contributed by atoms with Gasteiger partial charge in [-0.05, 0) is 85.5 Å². The molecule has 4 atom stereocenters. The summed E-state index contributed by atoms with van der Waals surface area (Å²) in [5.74, 6) is -0.622. The molecule has 2 fully saturated rings. The van der Waals surface area contributed by atoms with Crippen molar-refractivity contribution in [2.75, 3.05) is 49.2 Å². The molecule has 18 heteroatoms. The van der Waals surface area contributed by atoms with E-state index in [1.807, 2.05) is 104 Å². The molecule has 7 aromatic rings. The third kappa shape index (κ3) is 11.4. The third-order valence-electron chi connectivity index (χ3n) is 12.7. The van der Waals surface area contributed by atoms with Gasteiger partial charge in [-0.1, -0.05) is 73.7 Å². The van der Waals surface area contributed by atoms with Crippen molar-refractivity contribution in [2.24, 2.45) is 5.92 Å². The van der Waals surface area contributed by atoms with Crippen LogP contribution in [0.5, 0.6) is 5.75 Å². The third-order valence-corrected chi connectivity index (χ3v) is 14.2. The Hall–Kier alpha value is -6.49. The molecule has 15 nitrogen and oxygen atoms in total. The van der Waals surface area contributed by atoms with E-state index >= 15 is 4.39 Å². The molecule has 2 aromatic heterocycles. The van der Waals surface area contributed by atoms with E-state index in [0.717, 1.165) is 60.5 Å². The maximum Gasteiger partial charge on any atom is 0.475 e. The molecule has 0 N–H and O–H groups in total. The van der Waals surface area contributed by atoms with E-state index in [0.29, 0.717) is 31.7 Å². The van der Waals surface area contributed by atoms with E-state index in [1.54, 1.807) is 17.9 Å². The van der Waals surface area contributed by atoms with Crippen LogP contribution >= 0.6 is 7.82 Å². The number of hydrogen-bond acceptors (Lipinski definition) is 12. The van der Waals surface area contributed by atoms with Crippen LogP contribution in [0, 0.1) is 17.6 Å². The number of halogens is 2. The van der Waals surface area contributed by atoms with E-state index in [9.17, 15) is 13.8 Å². The lowest BCUT2D eigenvalue weighted by Gasteiger charge is -2.37. The fraction of sp³-hybridized carbons (Fsp3) is 0.333. The summed E-state index contributed by atoms with van der Waals surface area (Å²) in [4.78, 5) is 22.6. The highest BCUT2D eigenvalue weighted by Gasteiger charge is 2.45. The first-order valence-corrected chi connectivity index (χ1v) is 24.6. The van der Waals surface area contributed by atoms with E-state index in [4.69, 9.17) is 23.0 Å². The number of anilines is 2. The SMILES string of the molecule is CC[C@@H]([C@H](C)OP(=O)(OCc1ccccc1)OCc1ccccc1)n1ncn(-c2ccc(N3CCN(c4ccc(OC[C@@H]5CO[C@@](Cn6cncn6)(c6ccc(F)cc6F)C5)cc4)CC3)cc2)c1=O. The topological polar surface area (TPSA) is 140 Å². The lowest BCUT2D eigenvalue weighted by Crippen LogP contribution is -2.46. The summed E-state index contributed by atoms with van der Waals surface area (Å²) in [5, 5.41) is 8.68. The van der Waals surface area contributed by atoms with Gasteiger partial charge in [0.1, 0.15) is 42.0 Å². The van der Waals surface area contributed by atoms with Gasteiger partial charge in [0, 0.05) is 55.1 Å². The molecule has 9 rings (SSSR count). The summed E-state index contributed by atoms with van der Waals surface area (Å²) in [6.07, 6.45) is 4.63. The van der Waals surface area contributed by atoms with Crippen LogP contribution in [0.4, 0.5) is 20.2 Å². The fourth-order valence-electron chi connectivity index (χ4n) is 9.05. The number of hydrogen-bond donors (Lipinski definition) is 0. The van der Waals surface area contributed by atoms with Crippen molar-refractivity contribution in [3.63, 3.8) is 0 Å². The highest BCUT2D eigenvalue weighted by Crippen LogP contribution is 2.53. The summed E-state index contributed by atoms with van der Waals surface area (Å²) in [7, 11) is -4.11. The molecule has 0 amide bonds. The molecule has 0 bridgehead atoms. The van der Waals surface area contributed by atoms with Gasteiger partial charge in [-0.25, -0.2) is 37.1 Å². The second-order valence-corrected chi connectivity index (χ2v) is 19.0. The maximum atomic E-state index is 15.1. The monoisotopic (exact) mass is 960 g/mol. The zero-order chi connectivity index (χ0) is 47.8. The van der Waals surface area contributed by atoms with Crippen LogP contribution in [0.15, 0.2) is 151 Å². The molecule has 0 unspecified atom stereocenters. The van der Waals surface area contributed by atoms with Gasteiger partial charge in [0.2, 0.25) is 0 Å². The standard InChI is InChI=1S/C51H55F2N8O7P/c1-3-49(38(2)68-69(63,66-32-39-10-6-4-7-11-39)67-33-40-12-8-5-9-13-40)61-50(62)60(37-56-61)45-17-15-43(16-18-45)57-24-26-58(27-25-57)44-19-21-46(22-20-44)64-30-41-29-51(65-31-41,34-59-36-54-35-55-59)47-23-14-42(52)28-48(47)53/h4-23,28,35-38,41,49H,3,24-27,29-34H2,1-2H3/t38-,41+,49-,51-/m0/s1. The Morgan fingerprint density at radius 3 is 1.97 bits per heavy atom. The van der Waals surface area contributed by atoms with Crippen LogP contribution in [0.25, 0.3) is 5.69 Å². The highest BCUT2D eigenvalue weighted by atomic mass is 31.2. The maximum absolute atomic E-state index is 15.1. The minimum Gasteiger partial charge on any atom is -0.493 e. The molecule has 2 saturated heterocycles. The smallest absolute Gasteiger partial charge is 0.475 e. The van der Waals surface area contributed by atoms with Crippen molar-refractivity contribution >= 4 is 19.2 Å². The zero-order valence-corrected chi connectivity index (χ0v) is 39.4. The van der Waals surface area contributed by atoms with Gasteiger partial charge in [0.05, 0.1) is 50.8 Å². The molecule has 0 saturated carbocycles. The van der Waals surface area contributed by atoms with Gasteiger partial charge < -0.3 is 19.3 Å². The summed E-state index contributed by atoms with van der Waals surface area (Å²) >= 11 is 0. The minimum absolute atomic E-state index is 0.0175. The Balaban J connectivity index is 0.776. The molecular weight excluding hydrogens is 906 g/mol. The normalized spacial score (nSPS) is 18.3. The van der Waals surface area contributed by atoms with Gasteiger partial charge in [-0.3, -0.25) is 13.6 Å². The van der Waals surface area contributed by atoms with Gasteiger partial charge >= 0.3 is 13.5 Å². The van der Waals surface area contributed by atoms with Crippen molar-refractivity contribution in [3.8, 4) is 11.4 Å². The van der Waals surface area contributed by atoms with Gasteiger partial charge in [0.15, 0.2) is 0 Å². The average Bonchev–Trinajstić information content (AvgIpc) is 4.14. The lowest BCUT2D eigenvalue weighted by atomic mass is 9.87. The Morgan fingerprint density at radius 1 is 0.783 bits per heavy atom. The molecule has 4 heterocycles. The number of ether oxygens (including phenoxy) is 2. The van der Waals surface area contributed by atoms with Crippen LogP contribution in [0.1, 0.15) is 49.4 Å². The molecule has 69 heavy (non-hydrogen) atoms. The second kappa shape index (κ2) is 21.4. The average molecular weight is 961 g/mol. The van der Waals surface area contributed by atoms with E-state index in [-0.39, 0.29) is 36.9 Å². The Bertz CT molecular complexity index is 2800. The van der Waals surface area contributed by atoms with E-state index in [1.165, 1.54) is 34.0 Å². The zero-order valence-electron chi connectivity index (χ0n) is 38.5. The number of piperazine rings is 1. The van der Waals surface area contributed by atoms with Crippen molar-refractivity contribution in [3.05, 3.63) is 185 Å². The Kier molecular flexibility index (Phi) is 14.8. The summed E-state index contributed by atoms with van der Waals surface area (Å²) < 4.78 is 77.8. The van der Waals surface area contributed by atoms with Gasteiger partial charge in [-0.15, -0.1) is 0 Å². The number of aromatic nitrogens is 6. The number of phosphoric acid groups is 1. The Morgan fingerprint density at radius 2 is 1.39 bits per heavy atom. The molecule has 0 aliphatic carbocycles. The summed E-state index contributed by atoms with van der Waals surface area (Å²) in [6.45, 7) is 7.85.